The van der Waals surface area contributed by atoms with Crippen LogP contribution in [0.3, 0.4) is 0 Å². The zero-order valence-corrected chi connectivity index (χ0v) is 21.8. The largest absolute Gasteiger partial charge is 0.392 e. The minimum Gasteiger partial charge on any atom is -0.392 e. The predicted molar refractivity (Wildman–Crippen MR) is 131 cm³/mol. The molecule has 3 rings (SSSR count). The van der Waals surface area contributed by atoms with Gasteiger partial charge in [-0.25, -0.2) is 0 Å². The van der Waals surface area contributed by atoms with Crippen molar-refractivity contribution in [3.8, 4) is 0 Å². The summed E-state index contributed by atoms with van der Waals surface area (Å²) in [6.07, 6.45) is 8.35. The van der Waals surface area contributed by atoms with Crippen LogP contribution in [0, 0.1) is 28.6 Å². The van der Waals surface area contributed by atoms with Gasteiger partial charge in [0.15, 0.2) is 0 Å². The highest BCUT2D eigenvalue weighted by atomic mass is 79.9. The lowest BCUT2D eigenvalue weighted by atomic mass is 9.62. The van der Waals surface area contributed by atoms with E-state index in [2.05, 4.69) is 41.0 Å². The van der Waals surface area contributed by atoms with Crippen molar-refractivity contribution in [1.29, 1.82) is 0 Å². The summed E-state index contributed by atoms with van der Waals surface area (Å²) >= 11 is 3.56. The minimum absolute atomic E-state index is 0.123. The number of hydrogen-bond donors (Lipinski definition) is 1. The highest BCUT2D eigenvalue weighted by Crippen LogP contribution is 2.59. The molecule has 0 bridgehead atoms. The van der Waals surface area contributed by atoms with Gasteiger partial charge in [-0.2, -0.15) is 0 Å². The van der Waals surface area contributed by atoms with Crippen molar-refractivity contribution in [1.82, 2.24) is 0 Å². The lowest BCUT2D eigenvalue weighted by Crippen LogP contribution is -2.37. The van der Waals surface area contributed by atoms with E-state index in [0.29, 0.717) is 17.3 Å². The van der Waals surface area contributed by atoms with E-state index in [1.165, 1.54) is 32.1 Å². The first-order valence-electron chi connectivity index (χ1n) is 11.8. The molecule has 3 aliphatic rings. The number of carbonyl (C=O) groups excluding carboxylic acids is 1. The lowest BCUT2D eigenvalue weighted by Gasteiger charge is -2.43. The highest BCUT2D eigenvalue weighted by molar-refractivity contribution is 9.11. The quantitative estimate of drug-likeness (QED) is 0.422. The third kappa shape index (κ3) is 6.29. The zero-order valence-electron chi connectivity index (χ0n) is 20.2. The maximum atomic E-state index is 12.5. The maximum Gasteiger partial charge on any atom is 0.144 e. The number of carbonyl (C=O) groups is 1. The molecule has 5 atom stereocenters. The van der Waals surface area contributed by atoms with E-state index in [9.17, 15) is 9.90 Å². The summed E-state index contributed by atoms with van der Waals surface area (Å²) in [5, 5.41) is 10.8. The molecular weight excluding hydrogens is 424 g/mol. The first-order chi connectivity index (χ1) is 13.8. The van der Waals surface area contributed by atoms with E-state index in [1.807, 2.05) is 41.5 Å². The Morgan fingerprint density at radius 3 is 2.17 bits per heavy atom. The Kier molecular flexibility index (Phi) is 12.9. The topological polar surface area (TPSA) is 37.3 Å². The Balaban J connectivity index is 0.00000120. The molecule has 0 aromatic carbocycles. The minimum atomic E-state index is -0.442. The number of ketones is 1. The molecule has 0 heterocycles. The number of fused-ring (bicyclic) bond motifs is 1. The van der Waals surface area contributed by atoms with Crippen LogP contribution in [0.4, 0.5) is 0 Å². The number of rotatable bonds is 3. The number of aliphatic hydroxyl groups is 1. The van der Waals surface area contributed by atoms with E-state index >= 15 is 0 Å². The molecule has 5 unspecified atom stereocenters. The molecule has 0 saturated heterocycles. The molecule has 0 aromatic rings. The van der Waals surface area contributed by atoms with Crippen molar-refractivity contribution < 1.29 is 9.90 Å². The third-order valence-electron chi connectivity index (χ3n) is 7.38. The van der Waals surface area contributed by atoms with Gasteiger partial charge in [-0.3, -0.25) is 4.79 Å². The molecule has 3 heteroatoms. The first kappa shape index (κ1) is 28.6. The number of allylic oxidation sites excluding steroid dienone is 1. The second-order valence-corrected chi connectivity index (χ2v) is 9.52. The van der Waals surface area contributed by atoms with Gasteiger partial charge in [0.25, 0.3) is 0 Å². The van der Waals surface area contributed by atoms with Crippen LogP contribution in [0.25, 0.3) is 0 Å². The van der Waals surface area contributed by atoms with Gasteiger partial charge in [-0.1, -0.05) is 70.0 Å². The molecule has 3 aliphatic carbocycles. The fourth-order valence-corrected chi connectivity index (χ4v) is 6.31. The van der Waals surface area contributed by atoms with E-state index in [0.717, 1.165) is 19.3 Å². The molecule has 0 amide bonds. The Morgan fingerprint density at radius 1 is 1.10 bits per heavy atom. The van der Waals surface area contributed by atoms with Gasteiger partial charge in [-0.05, 0) is 73.6 Å². The van der Waals surface area contributed by atoms with Crippen molar-refractivity contribution in [2.75, 3.05) is 0 Å². The smallest absolute Gasteiger partial charge is 0.144 e. The van der Waals surface area contributed by atoms with E-state index in [-0.39, 0.29) is 17.1 Å². The standard InChI is InChI=1S/C20H31BrO2.2C2H6.C2H4/c1-19(2)10-8-15(18(19)23)17(22)11-14-6-7-16-13(12-21)5-4-9-20(14,16)3;3*1-2/h12,14-17,22H,4-11H2,1-3H3;2*1-2H3;1-2H2/b13-12+;;;. The summed E-state index contributed by atoms with van der Waals surface area (Å²) in [7, 11) is 0. The molecular formula is C26H47BrO2. The lowest BCUT2D eigenvalue weighted by molar-refractivity contribution is -0.130. The van der Waals surface area contributed by atoms with Gasteiger partial charge in [0.1, 0.15) is 5.78 Å². The molecule has 3 saturated carbocycles. The van der Waals surface area contributed by atoms with Crippen molar-refractivity contribution in [2.45, 2.75) is 106 Å². The number of hydrogen-bond acceptors (Lipinski definition) is 2. The van der Waals surface area contributed by atoms with Crippen molar-refractivity contribution in [2.24, 2.45) is 28.6 Å². The van der Waals surface area contributed by atoms with Crippen LogP contribution < -0.4 is 0 Å². The molecule has 2 nitrogen and oxygen atoms in total. The number of Topliss-reactive ketones (excluding diaryl/α,β-unsaturated/α-hetero) is 1. The average Bonchev–Trinajstić information content (AvgIpc) is 3.22. The zero-order chi connectivity index (χ0) is 22.8. The van der Waals surface area contributed by atoms with Crippen LogP contribution in [-0.2, 0) is 4.79 Å². The fourth-order valence-electron chi connectivity index (χ4n) is 5.76. The van der Waals surface area contributed by atoms with Crippen LogP contribution in [0.2, 0.25) is 0 Å². The summed E-state index contributed by atoms with van der Waals surface area (Å²) in [5.41, 5.74) is 1.65. The van der Waals surface area contributed by atoms with Crippen molar-refractivity contribution >= 4 is 21.7 Å². The van der Waals surface area contributed by atoms with Crippen LogP contribution >= 0.6 is 15.9 Å². The second-order valence-electron chi connectivity index (χ2n) is 9.07. The molecule has 170 valence electrons. The summed E-state index contributed by atoms with van der Waals surface area (Å²) in [5.74, 6) is 1.39. The summed E-state index contributed by atoms with van der Waals surface area (Å²) in [6.45, 7) is 20.5. The average molecular weight is 472 g/mol. The molecule has 29 heavy (non-hydrogen) atoms. The predicted octanol–water partition coefficient (Wildman–Crippen LogP) is 8.09. The van der Waals surface area contributed by atoms with E-state index in [1.54, 1.807) is 5.57 Å². The first-order valence-corrected chi connectivity index (χ1v) is 12.7. The van der Waals surface area contributed by atoms with Crippen LogP contribution in [0.15, 0.2) is 23.7 Å². The number of aliphatic hydroxyl groups excluding tert-OH is 1. The highest BCUT2D eigenvalue weighted by Gasteiger charge is 2.51. The van der Waals surface area contributed by atoms with Gasteiger partial charge >= 0.3 is 0 Å². The fraction of sp³-hybridized carbons (Fsp3) is 0.808. The van der Waals surface area contributed by atoms with E-state index < -0.39 is 6.10 Å². The van der Waals surface area contributed by atoms with Gasteiger partial charge in [0.05, 0.1) is 6.10 Å². The van der Waals surface area contributed by atoms with Gasteiger partial charge in [0.2, 0.25) is 0 Å². The molecule has 0 radical (unpaired) electrons. The van der Waals surface area contributed by atoms with E-state index in [4.69, 9.17) is 0 Å². The van der Waals surface area contributed by atoms with Crippen molar-refractivity contribution in [3.63, 3.8) is 0 Å². The monoisotopic (exact) mass is 470 g/mol. The summed E-state index contributed by atoms with van der Waals surface area (Å²) in [4.78, 5) is 14.7. The van der Waals surface area contributed by atoms with Crippen LogP contribution in [0.5, 0.6) is 0 Å². The summed E-state index contributed by atoms with van der Waals surface area (Å²) < 4.78 is 0. The normalized spacial score (nSPS) is 34.6. The molecule has 1 N–H and O–H groups in total. The Morgan fingerprint density at radius 2 is 1.69 bits per heavy atom. The number of halogens is 1. The maximum absolute atomic E-state index is 12.5. The molecule has 0 aromatic heterocycles. The van der Waals surface area contributed by atoms with Crippen molar-refractivity contribution in [3.05, 3.63) is 23.7 Å². The second kappa shape index (κ2) is 13.1. The molecule has 0 aliphatic heterocycles. The Labute approximate surface area is 189 Å². The molecule has 3 fully saturated rings. The van der Waals surface area contributed by atoms with Crippen LogP contribution in [0.1, 0.15) is 99.8 Å². The van der Waals surface area contributed by atoms with Gasteiger partial charge < -0.3 is 5.11 Å². The molecule has 0 spiro atoms. The third-order valence-corrected chi connectivity index (χ3v) is 7.96. The Bertz CT molecular complexity index is 525. The summed E-state index contributed by atoms with van der Waals surface area (Å²) in [6, 6.07) is 0. The Hall–Kier alpha value is -0.410. The van der Waals surface area contributed by atoms with Crippen LogP contribution in [-0.4, -0.2) is 17.0 Å². The SMILES string of the molecule is C=C.CC.CC.CC1(C)CCC(C(O)CC2CCC3/C(=C/Br)CCCC23C)C1=O. The van der Waals surface area contributed by atoms with Gasteiger partial charge in [-0.15, -0.1) is 13.2 Å². The van der Waals surface area contributed by atoms with Gasteiger partial charge in [0, 0.05) is 11.3 Å².